The number of carbonyl (C=O) groups excluding carboxylic acids is 1. The van der Waals surface area contributed by atoms with Crippen molar-refractivity contribution < 1.29 is 9.72 Å². The first kappa shape index (κ1) is 19.0. The fourth-order valence-corrected chi connectivity index (χ4v) is 3.04. The first-order chi connectivity index (χ1) is 12.0. The molecule has 2 aromatic carbocycles. The van der Waals surface area contributed by atoms with Gasteiger partial charge in [0.2, 0.25) is 5.91 Å². The normalized spacial score (nSPS) is 10.8. The van der Waals surface area contributed by atoms with Crippen molar-refractivity contribution in [3.63, 3.8) is 0 Å². The van der Waals surface area contributed by atoms with Crippen LogP contribution in [-0.2, 0) is 10.5 Å². The van der Waals surface area contributed by atoms with Crippen LogP contribution in [0.2, 0.25) is 5.02 Å². The quantitative estimate of drug-likeness (QED) is 0.450. The highest BCUT2D eigenvalue weighted by molar-refractivity contribution is 7.99. The zero-order chi connectivity index (χ0) is 18.2. The molecule has 0 aliphatic heterocycles. The maximum atomic E-state index is 11.8. The third-order valence-corrected chi connectivity index (χ3v) is 4.66. The van der Waals surface area contributed by atoms with Crippen molar-refractivity contribution >= 4 is 41.2 Å². The smallest absolute Gasteiger partial charge is 0.270 e. The summed E-state index contributed by atoms with van der Waals surface area (Å²) in [6.45, 7) is 2.03. The number of nitro benzene ring substituents is 1. The molecule has 0 atom stereocenters. The van der Waals surface area contributed by atoms with Crippen molar-refractivity contribution in [2.45, 2.75) is 12.7 Å². The van der Waals surface area contributed by atoms with Gasteiger partial charge in [-0.1, -0.05) is 35.9 Å². The minimum absolute atomic E-state index is 0.0917. The van der Waals surface area contributed by atoms with E-state index in [1.807, 2.05) is 31.2 Å². The van der Waals surface area contributed by atoms with Crippen LogP contribution in [0.1, 0.15) is 16.7 Å². The number of halogens is 1. The molecule has 8 heteroatoms. The lowest BCUT2D eigenvalue weighted by Gasteiger charge is -2.04. The van der Waals surface area contributed by atoms with Gasteiger partial charge in [-0.2, -0.15) is 5.10 Å². The summed E-state index contributed by atoms with van der Waals surface area (Å²) in [5, 5.41) is 14.9. The number of hydrogen-bond acceptors (Lipinski definition) is 5. The second kappa shape index (κ2) is 9.19. The van der Waals surface area contributed by atoms with Gasteiger partial charge in [0.1, 0.15) is 0 Å². The van der Waals surface area contributed by atoms with Crippen molar-refractivity contribution in [1.29, 1.82) is 0 Å². The van der Waals surface area contributed by atoms with Crippen LogP contribution < -0.4 is 5.43 Å². The molecule has 0 aromatic heterocycles. The molecular weight excluding hydrogens is 362 g/mol. The number of hydrogen-bond donors (Lipinski definition) is 1. The topological polar surface area (TPSA) is 84.6 Å². The fourth-order valence-electron chi connectivity index (χ4n) is 1.98. The Kier molecular flexibility index (Phi) is 6.97. The van der Waals surface area contributed by atoms with E-state index in [1.165, 1.54) is 47.3 Å². The van der Waals surface area contributed by atoms with Crippen LogP contribution in [0.15, 0.2) is 47.6 Å². The average molecular weight is 378 g/mol. The number of carbonyl (C=O) groups is 1. The Morgan fingerprint density at radius 1 is 1.36 bits per heavy atom. The second-order valence-corrected chi connectivity index (χ2v) is 6.57. The average Bonchev–Trinajstić information content (AvgIpc) is 2.58. The van der Waals surface area contributed by atoms with Gasteiger partial charge in [0.25, 0.3) is 5.69 Å². The van der Waals surface area contributed by atoms with E-state index in [4.69, 9.17) is 11.6 Å². The lowest BCUT2D eigenvalue weighted by atomic mass is 10.1. The molecule has 2 aromatic rings. The third-order valence-electron chi connectivity index (χ3n) is 3.34. The van der Waals surface area contributed by atoms with Crippen LogP contribution in [0.4, 0.5) is 5.69 Å². The summed E-state index contributed by atoms with van der Waals surface area (Å²) in [7, 11) is 0. The van der Waals surface area contributed by atoms with E-state index in [2.05, 4.69) is 10.5 Å². The van der Waals surface area contributed by atoms with Gasteiger partial charge >= 0.3 is 0 Å². The van der Waals surface area contributed by atoms with Gasteiger partial charge in [0.15, 0.2) is 0 Å². The predicted molar refractivity (Wildman–Crippen MR) is 101 cm³/mol. The number of non-ortho nitro benzene ring substituents is 1. The van der Waals surface area contributed by atoms with E-state index in [1.54, 1.807) is 0 Å². The summed E-state index contributed by atoms with van der Waals surface area (Å²) in [4.78, 5) is 22.0. The van der Waals surface area contributed by atoms with Crippen LogP contribution in [-0.4, -0.2) is 22.8 Å². The van der Waals surface area contributed by atoms with Gasteiger partial charge in [-0.05, 0) is 24.1 Å². The first-order valence-electron chi connectivity index (χ1n) is 7.35. The molecule has 0 radical (unpaired) electrons. The second-order valence-electron chi connectivity index (χ2n) is 5.18. The molecule has 0 spiro atoms. The van der Waals surface area contributed by atoms with Crippen LogP contribution in [0.5, 0.6) is 0 Å². The molecule has 0 saturated heterocycles. The van der Waals surface area contributed by atoms with Crippen LogP contribution >= 0.6 is 23.4 Å². The monoisotopic (exact) mass is 377 g/mol. The summed E-state index contributed by atoms with van der Waals surface area (Å²) in [5.41, 5.74) is 5.04. The molecule has 0 unspecified atom stereocenters. The lowest BCUT2D eigenvalue weighted by Crippen LogP contribution is -2.19. The SMILES string of the molecule is Cc1ccccc1CSCC(=O)N/N=C\c1cc([N+](=O)[O-])ccc1Cl. The number of rotatable bonds is 7. The zero-order valence-electron chi connectivity index (χ0n) is 13.4. The van der Waals surface area contributed by atoms with Crippen molar-refractivity contribution in [1.82, 2.24) is 5.43 Å². The zero-order valence-corrected chi connectivity index (χ0v) is 15.0. The van der Waals surface area contributed by atoms with Crippen molar-refractivity contribution in [2.75, 3.05) is 5.75 Å². The van der Waals surface area contributed by atoms with Crippen LogP contribution in [0, 0.1) is 17.0 Å². The van der Waals surface area contributed by atoms with Gasteiger partial charge in [-0.15, -0.1) is 11.8 Å². The summed E-state index contributed by atoms with van der Waals surface area (Å²) in [6.07, 6.45) is 1.29. The van der Waals surface area contributed by atoms with Gasteiger partial charge in [-0.25, -0.2) is 5.43 Å². The standard InChI is InChI=1S/C17H16ClN3O3S/c1-12-4-2-3-5-13(12)10-25-11-17(22)20-19-9-14-8-15(21(23)24)6-7-16(14)18/h2-9H,10-11H2,1H3,(H,20,22)/b19-9-. The summed E-state index contributed by atoms with van der Waals surface area (Å²) < 4.78 is 0. The molecular formula is C17H16ClN3O3S. The highest BCUT2D eigenvalue weighted by Gasteiger charge is 2.08. The Bertz CT molecular complexity index is 811. The number of aryl methyl sites for hydroxylation is 1. The Hall–Kier alpha value is -2.38. The van der Waals surface area contributed by atoms with Gasteiger partial charge < -0.3 is 0 Å². The number of thioether (sulfide) groups is 1. The van der Waals surface area contributed by atoms with Crippen molar-refractivity contribution in [3.05, 3.63) is 74.3 Å². The van der Waals surface area contributed by atoms with Gasteiger partial charge in [0.05, 0.1) is 16.9 Å². The number of nitrogens with zero attached hydrogens (tertiary/aromatic N) is 2. The van der Waals surface area contributed by atoms with Gasteiger partial charge in [-0.3, -0.25) is 14.9 Å². The van der Waals surface area contributed by atoms with E-state index < -0.39 is 4.92 Å². The molecule has 25 heavy (non-hydrogen) atoms. The van der Waals surface area contributed by atoms with Crippen molar-refractivity contribution in [3.8, 4) is 0 Å². The van der Waals surface area contributed by atoms with E-state index >= 15 is 0 Å². The van der Waals surface area contributed by atoms with E-state index in [0.717, 1.165) is 5.75 Å². The molecule has 0 aliphatic carbocycles. The van der Waals surface area contributed by atoms with Gasteiger partial charge in [0, 0.05) is 28.5 Å². The van der Waals surface area contributed by atoms with Crippen LogP contribution in [0.3, 0.4) is 0 Å². The Morgan fingerprint density at radius 2 is 2.12 bits per heavy atom. The van der Waals surface area contributed by atoms with E-state index in [0.29, 0.717) is 10.6 Å². The molecule has 2 rings (SSSR count). The highest BCUT2D eigenvalue weighted by atomic mass is 35.5. The summed E-state index contributed by atoms with van der Waals surface area (Å²) in [5.74, 6) is 0.742. The van der Waals surface area contributed by atoms with E-state index in [-0.39, 0.29) is 17.3 Å². The number of hydrazone groups is 1. The number of nitro groups is 1. The largest absolute Gasteiger partial charge is 0.272 e. The Labute approximate surface area is 154 Å². The molecule has 0 aliphatic rings. The number of amides is 1. The highest BCUT2D eigenvalue weighted by Crippen LogP contribution is 2.20. The molecule has 6 nitrogen and oxygen atoms in total. The Balaban J connectivity index is 1.83. The van der Waals surface area contributed by atoms with Crippen LogP contribution in [0.25, 0.3) is 0 Å². The first-order valence-corrected chi connectivity index (χ1v) is 8.88. The summed E-state index contributed by atoms with van der Waals surface area (Å²) >= 11 is 7.43. The molecule has 1 N–H and O–H groups in total. The van der Waals surface area contributed by atoms with E-state index in [9.17, 15) is 14.9 Å². The third kappa shape index (κ3) is 5.88. The number of nitrogens with one attached hydrogen (secondary N) is 1. The Morgan fingerprint density at radius 3 is 2.84 bits per heavy atom. The maximum absolute atomic E-state index is 11.8. The summed E-state index contributed by atoms with van der Waals surface area (Å²) in [6, 6.07) is 12.0. The molecule has 0 saturated carbocycles. The minimum Gasteiger partial charge on any atom is -0.272 e. The molecule has 1 amide bonds. The number of benzene rings is 2. The molecule has 0 fully saturated rings. The fraction of sp³-hybridized carbons (Fsp3) is 0.176. The van der Waals surface area contributed by atoms with Crippen molar-refractivity contribution in [2.24, 2.45) is 5.10 Å². The molecule has 0 heterocycles. The maximum Gasteiger partial charge on any atom is 0.270 e. The predicted octanol–water partition coefficient (Wildman–Crippen LogP) is 3.94. The minimum atomic E-state index is -0.519. The molecule has 130 valence electrons. The lowest BCUT2D eigenvalue weighted by molar-refractivity contribution is -0.384. The molecule has 0 bridgehead atoms.